The van der Waals surface area contributed by atoms with Crippen molar-refractivity contribution in [3.63, 3.8) is 0 Å². The van der Waals surface area contributed by atoms with Crippen LogP contribution in [-0.4, -0.2) is 5.11 Å². The summed E-state index contributed by atoms with van der Waals surface area (Å²) < 4.78 is 0. The SMILES string of the molecule is CCCCC#CCCC(O)(C#N)c1ccc(C#N)cc1. The normalized spacial score (nSPS) is 12.4. The van der Waals surface area contributed by atoms with Crippen molar-refractivity contribution in [2.45, 2.75) is 44.6 Å². The lowest BCUT2D eigenvalue weighted by Gasteiger charge is -2.19. The Morgan fingerprint density at radius 1 is 1.10 bits per heavy atom. The molecule has 0 aromatic heterocycles. The molecule has 0 saturated carbocycles. The zero-order valence-corrected chi connectivity index (χ0v) is 11.7. The number of rotatable bonds is 5. The first kappa shape index (κ1) is 15.8. The largest absolute Gasteiger partial charge is 0.371 e. The molecule has 3 heteroatoms. The lowest BCUT2D eigenvalue weighted by Crippen LogP contribution is -2.23. The van der Waals surface area contributed by atoms with Gasteiger partial charge < -0.3 is 5.11 Å². The predicted octanol–water partition coefficient (Wildman–Crippen LogP) is 3.24. The number of unbranched alkanes of at least 4 members (excludes halogenated alkanes) is 2. The van der Waals surface area contributed by atoms with Crippen molar-refractivity contribution in [3.8, 4) is 24.0 Å². The third kappa shape index (κ3) is 4.43. The van der Waals surface area contributed by atoms with Crippen LogP contribution in [0.3, 0.4) is 0 Å². The number of aliphatic hydroxyl groups is 1. The summed E-state index contributed by atoms with van der Waals surface area (Å²) in [5.74, 6) is 6.03. The molecule has 0 amide bonds. The molecule has 3 nitrogen and oxygen atoms in total. The summed E-state index contributed by atoms with van der Waals surface area (Å²) in [6.07, 6.45) is 3.80. The van der Waals surface area contributed by atoms with Crippen LogP contribution in [0, 0.1) is 34.5 Å². The van der Waals surface area contributed by atoms with Gasteiger partial charge in [0.2, 0.25) is 0 Å². The van der Waals surface area contributed by atoms with Crippen LogP contribution in [0.2, 0.25) is 0 Å². The number of nitriles is 2. The van der Waals surface area contributed by atoms with Crippen molar-refractivity contribution in [1.82, 2.24) is 0 Å². The molecular formula is C17H18N2O. The van der Waals surface area contributed by atoms with Crippen LogP contribution < -0.4 is 0 Å². The number of hydrogen-bond acceptors (Lipinski definition) is 3. The molecule has 0 radical (unpaired) electrons. The molecule has 1 unspecified atom stereocenters. The van der Waals surface area contributed by atoms with Gasteiger partial charge in [-0.15, -0.1) is 11.8 Å². The van der Waals surface area contributed by atoms with Gasteiger partial charge in [0.05, 0.1) is 11.6 Å². The molecule has 0 heterocycles. The Morgan fingerprint density at radius 2 is 1.75 bits per heavy atom. The second-order valence-electron chi connectivity index (χ2n) is 4.62. The Morgan fingerprint density at radius 3 is 2.30 bits per heavy atom. The van der Waals surface area contributed by atoms with Gasteiger partial charge in [0.1, 0.15) is 6.07 Å². The Bertz CT molecular complexity index is 566. The number of nitrogens with zero attached hydrogens (tertiary/aromatic N) is 2. The first-order chi connectivity index (χ1) is 9.66. The van der Waals surface area contributed by atoms with E-state index in [0.29, 0.717) is 17.5 Å². The van der Waals surface area contributed by atoms with E-state index in [1.54, 1.807) is 24.3 Å². The van der Waals surface area contributed by atoms with Crippen LogP contribution in [0.25, 0.3) is 0 Å². The Hall–Kier alpha value is -2.28. The fourth-order valence-corrected chi connectivity index (χ4v) is 1.77. The smallest absolute Gasteiger partial charge is 0.177 e. The summed E-state index contributed by atoms with van der Waals surface area (Å²) in [7, 11) is 0. The van der Waals surface area contributed by atoms with E-state index < -0.39 is 5.60 Å². The second-order valence-corrected chi connectivity index (χ2v) is 4.62. The van der Waals surface area contributed by atoms with Gasteiger partial charge in [0.25, 0.3) is 0 Å². The van der Waals surface area contributed by atoms with Crippen molar-refractivity contribution < 1.29 is 5.11 Å². The van der Waals surface area contributed by atoms with Crippen LogP contribution >= 0.6 is 0 Å². The zero-order chi connectivity index (χ0) is 14.8. The maximum Gasteiger partial charge on any atom is 0.177 e. The van der Waals surface area contributed by atoms with E-state index >= 15 is 0 Å². The summed E-state index contributed by atoms with van der Waals surface area (Å²) in [6, 6.07) is 10.4. The molecule has 1 aromatic carbocycles. The predicted molar refractivity (Wildman–Crippen MR) is 77.2 cm³/mol. The Kier molecular flexibility index (Phi) is 6.31. The maximum atomic E-state index is 10.3. The average molecular weight is 266 g/mol. The van der Waals surface area contributed by atoms with Crippen molar-refractivity contribution in [2.75, 3.05) is 0 Å². The molecule has 102 valence electrons. The third-order valence-electron chi connectivity index (χ3n) is 3.07. The third-order valence-corrected chi connectivity index (χ3v) is 3.07. The number of benzene rings is 1. The van der Waals surface area contributed by atoms with Crippen molar-refractivity contribution in [3.05, 3.63) is 35.4 Å². The van der Waals surface area contributed by atoms with Gasteiger partial charge in [-0.2, -0.15) is 10.5 Å². The average Bonchev–Trinajstić information content (AvgIpc) is 2.50. The molecule has 0 spiro atoms. The molecule has 1 atom stereocenters. The summed E-state index contributed by atoms with van der Waals surface area (Å²) >= 11 is 0. The summed E-state index contributed by atoms with van der Waals surface area (Å²) in [5.41, 5.74) is -0.518. The highest BCUT2D eigenvalue weighted by molar-refractivity contribution is 5.36. The lowest BCUT2D eigenvalue weighted by molar-refractivity contribution is 0.0896. The first-order valence-electron chi connectivity index (χ1n) is 6.76. The molecule has 0 aliphatic carbocycles. The molecule has 1 N–H and O–H groups in total. The van der Waals surface area contributed by atoms with Gasteiger partial charge >= 0.3 is 0 Å². The fraction of sp³-hybridized carbons (Fsp3) is 0.412. The Labute approximate surface area is 120 Å². The highest BCUT2D eigenvalue weighted by Gasteiger charge is 2.28. The van der Waals surface area contributed by atoms with Crippen molar-refractivity contribution in [2.24, 2.45) is 0 Å². The summed E-state index contributed by atoms with van der Waals surface area (Å²) in [6.45, 7) is 2.11. The highest BCUT2D eigenvalue weighted by Crippen LogP contribution is 2.25. The molecular weight excluding hydrogens is 248 g/mol. The minimum absolute atomic E-state index is 0.272. The van der Waals surface area contributed by atoms with Crippen LogP contribution in [0.1, 0.15) is 50.2 Å². The van der Waals surface area contributed by atoms with Crippen LogP contribution in [0.5, 0.6) is 0 Å². The minimum atomic E-state index is -1.53. The molecule has 1 rings (SSSR count). The summed E-state index contributed by atoms with van der Waals surface area (Å²) in [4.78, 5) is 0. The molecule has 0 aliphatic rings. The topological polar surface area (TPSA) is 67.8 Å². The van der Waals surface area contributed by atoms with Crippen molar-refractivity contribution >= 4 is 0 Å². The van der Waals surface area contributed by atoms with Crippen LogP contribution in [0.15, 0.2) is 24.3 Å². The minimum Gasteiger partial charge on any atom is -0.371 e. The lowest BCUT2D eigenvalue weighted by atomic mass is 9.90. The molecule has 1 aromatic rings. The quantitative estimate of drug-likeness (QED) is 0.505. The van der Waals surface area contributed by atoms with Crippen LogP contribution in [0.4, 0.5) is 0 Å². The van der Waals surface area contributed by atoms with E-state index in [4.69, 9.17) is 5.26 Å². The maximum absolute atomic E-state index is 10.3. The van der Waals surface area contributed by atoms with Gasteiger partial charge in [-0.05, 0) is 24.1 Å². The number of hydrogen-bond donors (Lipinski definition) is 1. The molecule has 0 bridgehead atoms. The monoisotopic (exact) mass is 266 g/mol. The highest BCUT2D eigenvalue weighted by atomic mass is 16.3. The van der Waals surface area contributed by atoms with E-state index in [9.17, 15) is 10.4 Å². The zero-order valence-electron chi connectivity index (χ0n) is 11.7. The van der Waals surface area contributed by atoms with Gasteiger partial charge in [-0.25, -0.2) is 0 Å². The van der Waals surface area contributed by atoms with E-state index in [1.807, 2.05) is 12.1 Å². The Balaban J connectivity index is 2.68. The van der Waals surface area contributed by atoms with Gasteiger partial charge in [-0.1, -0.05) is 25.5 Å². The molecule has 0 aliphatic heterocycles. The van der Waals surface area contributed by atoms with Gasteiger partial charge in [0.15, 0.2) is 5.60 Å². The van der Waals surface area contributed by atoms with Crippen LogP contribution in [-0.2, 0) is 5.60 Å². The molecule has 20 heavy (non-hydrogen) atoms. The van der Waals surface area contributed by atoms with E-state index in [2.05, 4.69) is 18.8 Å². The van der Waals surface area contributed by atoms with Gasteiger partial charge in [0, 0.05) is 19.3 Å². The van der Waals surface area contributed by atoms with E-state index in [-0.39, 0.29) is 6.42 Å². The molecule has 0 saturated heterocycles. The first-order valence-corrected chi connectivity index (χ1v) is 6.76. The second kappa shape index (κ2) is 8.00. The van der Waals surface area contributed by atoms with Crippen molar-refractivity contribution in [1.29, 1.82) is 10.5 Å². The van der Waals surface area contributed by atoms with E-state index in [1.165, 1.54) is 0 Å². The molecule has 0 fully saturated rings. The summed E-state index contributed by atoms with van der Waals surface area (Å²) in [5, 5.41) is 28.3. The standard InChI is InChI=1S/C17H18N2O/c1-2-3-4-5-6-7-12-17(20,14-19)16-10-8-15(13-18)9-11-16/h8-11,20H,2-4,7,12H2,1H3. The fourth-order valence-electron chi connectivity index (χ4n) is 1.77. The van der Waals surface area contributed by atoms with Gasteiger partial charge in [-0.3, -0.25) is 0 Å². The van der Waals surface area contributed by atoms with E-state index in [0.717, 1.165) is 19.3 Å².